The molecular weight excluding hydrogens is 326 g/mol. The first-order chi connectivity index (χ1) is 11.2. The molecule has 1 amide bonds. The molecule has 7 heteroatoms. The molecule has 2 aromatic rings. The third-order valence-electron chi connectivity index (χ3n) is 3.75. The molecule has 0 aliphatic heterocycles. The van der Waals surface area contributed by atoms with Gasteiger partial charge in [0.1, 0.15) is 0 Å². The monoisotopic (exact) mass is 348 g/mol. The van der Waals surface area contributed by atoms with Gasteiger partial charge in [-0.05, 0) is 36.8 Å². The summed E-state index contributed by atoms with van der Waals surface area (Å²) in [6.45, 7) is 6.66. The lowest BCUT2D eigenvalue weighted by molar-refractivity contribution is -0.707. The maximum Gasteiger partial charge on any atom is 0.238 e. The maximum absolute atomic E-state index is 12.1. The molecule has 0 unspecified atom stereocenters. The fraction of sp³-hybridized carbons (Fsp3) is 0.294. The van der Waals surface area contributed by atoms with Crippen LogP contribution in [0, 0.1) is 20.8 Å². The Morgan fingerprint density at radius 3 is 2.12 bits per heavy atom. The van der Waals surface area contributed by atoms with Crippen molar-refractivity contribution in [1.82, 2.24) is 0 Å². The minimum absolute atomic E-state index is 0.0157. The molecule has 2 rings (SSSR count). The Labute approximate surface area is 142 Å². The minimum atomic E-state index is -3.72. The Balaban J connectivity index is 1.99. The van der Waals surface area contributed by atoms with Crippen molar-refractivity contribution in [3.05, 3.63) is 53.3 Å². The first kappa shape index (κ1) is 18.1. The Morgan fingerprint density at radius 1 is 1.08 bits per heavy atom. The predicted octanol–water partition coefficient (Wildman–Crippen LogP) is 1.58. The molecule has 1 aromatic heterocycles. The van der Waals surface area contributed by atoms with Crippen molar-refractivity contribution in [2.45, 2.75) is 38.6 Å². The largest absolute Gasteiger partial charge is 0.326 e. The number of aromatic nitrogens is 1. The van der Waals surface area contributed by atoms with Gasteiger partial charge in [0.2, 0.25) is 15.9 Å². The molecule has 24 heavy (non-hydrogen) atoms. The van der Waals surface area contributed by atoms with Crippen molar-refractivity contribution < 1.29 is 17.8 Å². The van der Waals surface area contributed by atoms with Crippen molar-refractivity contribution in [2.75, 3.05) is 5.32 Å². The standard InChI is InChI=1S/C17H21N3O3S/c1-12-10-13(2)20(14(3)11-12)9-8-17(21)19-15-4-6-16(7-5-15)24(18,22)23/h4-7,10-11H,8-9H2,1-3H3,(H2-,18,19,21,22,23)/p+1. The highest BCUT2D eigenvalue weighted by Gasteiger charge is 2.14. The lowest BCUT2D eigenvalue weighted by atomic mass is 10.2. The van der Waals surface area contributed by atoms with Gasteiger partial charge < -0.3 is 5.32 Å². The average molecular weight is 348 g/mol. The predicted molar refractivity (Wildman–Crippen MR) is 91.9 cm³/mol. The molecule has 0 fully saturated rings. The molecule has 0 atom stereocenters. The van der Waals surface area contributed by atoms with Gasteiger partial charge in [0.15, 0.2) is 17.9 Å². The molecule has 0 spiro atoms. The maximum atomic E-state index is 12.1. The van der Waals surface area contributed by atoms with Crippen molar-refractivity contribution in [1.29, 1.82) is 0 Å². The first-order valence-corrected chi connectivity index (χ1v) is 9.12. The summed E-state index contributed by atoms with van der Waals surface area (Å²) in [7, 11) is -3.72. The zero-order valence-electron chi connectivity index (χ0n) is 14.0. The number of pyridine rings is 1. The van der Waals surface area contributed by atoms with Crippen LogP contribution in [0.3, 0.4) is 0 Å². The van der Waals surface area contributed by atoms with Crippen LogP contribution in [-0.2, 0) is 21.4 Å². The fourth-order valence-corrected chi connectivity index (χ4v) is 3.17. The highest BCUT2D eigenvalue weighted by Crippen LogP contribution is 2.13. The van der Waals surface area contributed by atoms with E-state index in [0.29, 0.717) is 18.7 Å². The smallest absolute Gasteiger partial charge is 0.238 e. The fourth-order valence-electron chi connectivity index (χ4n) is 2.65. The van der Waals surface area contributed by atoms with Gasteiger partial charge in [-0.15, -0.1) is 0 Å². The molecule has 1 aromatic carbocycles. The molecule has 0 saturated carbocycles. The van der Waals surface area contributed by atoms with E-state index in [1.54, 1.807) is 0 Å². The van der Waals surface area contributed by atoms with Gasteiger partial charge in [-0.1, -0.05) is 0 Å². The van der Waals surface area contributed by atoms with E-state index in [1.807, 2.05) is 20.8 Å². The van der Waals surface area contributed by atoms with Crippen LogP contribution in [0.1, 0.15) is 23.4 Å². The van der Waals surface area contributed by atoms with Gasteiger partial charge in [0, 0.05) is 31.7 Å². The summed E-state index contributed by atoms with van der Waals surface area (Å²) >= 11 is 0. The number of carbonyl (C=O) groups is 1. The summed E-state index contributed by atoms with van der Waals surface area (Å²) in [5.74, 6) is -0.134. The Kier molecular flexibility index (Phi) is 5.36. The number of rotatable bonds is 5. The van der Waals surface area contributed by atoms with Crippen LogP contribution in [0.5, 0.6) is 0 Å². The molecule has 0 aliphatic carbocycles. The Hall–Kier alpha value is -2.25. The van der Waals surface area contributed by atoms with Crippen molar-refractivity contribution in [3.63, 3.8) is 0 Å². The van der Waals surface area contributed by atoms with E-state index in [-0.39, 0.29) is 10.8 Å². The van der Waals surface area contributed by atoms with Gasteiger partial charge in [0.25, 0.3) is 0 Å². The molecule has 1 heterocycles. The Bertz CT molecular complexity index is 836. The van der Waals surface area contributed by atoms with Crippen molar-refractivity contribution >= 4 is 21.6 Å². The number of anilines is 1. The average Bonchev–Trinajstić information content (AvgIpc) is 2.45. The summed E-state index contributed by atoms with van der Waals surface area (Å²) in [6, 6.07) is 9.94. The van der Waals surface area contributed by atoms with Crippen LogP contribution < -0.4 is 15.0 Å². The van der Waals surface area contributed by atoms with E-state index in [0.717, 1.165) is 11.4 Å². The van der Waals surface area contributed by atoms with E-state index in [9.17, 15) is 13.2 Å². The zero-order chi connectivity index (χ0) is 17.9. The van der Waals surface area contributed by atoms with Crippen LogP contribution in [0.15, 0.2) is 41.3 Å². The van der Waals surface area contributed by atoms with Crippen LogP contribution in [0.25, 0.3) is 0 Å². The van der Waals surface area contributed by atoms with Gasteiger partial charge in [-0.2, -0.15) is 4.57 Å². The minimum Gasteiger partial charge on any atom is -0.326 e. The van der Waals surface area contributed by atoms with Gasteiger partial charge in [-0.25, -0.2) is 13.6 Å². The number of nitrogens with two attached hydrogens (primary N) is 1. The number of primary sulfonamides is 1. The summed E-state index contributed by atoms with van der Waals surface area (Å²) < 4.78 is 24.5. The number of nitrogens with one attached hydrogen (secondary N) is 1. The second-order valence-electron chi connectivity index (χ2n) is 5.83. The molecule has 0 bridgehead atoms. The third-order valence-corrected chi connectivity index (χ3v) is 4.68. The van der Waals surface area contributed by atoms with Gasteiger partial charge >= 0.3 is 0 Å². The van der Waals surface area contributed by atoms with Crippen molar-refractivity contribution in [2.24, 2.45) is 5.14 Å². The summed E-state index contributed by atoms with van der Waals surface area (Å²) in [5, 5.41) is 7.79. The normalized spacial score (nSPS) is 11.3. The number of amides is 1. The topological polar surface area (TPSA) is 93.1 Å². The van der Waals surface area contributed by atoms with Crippen LogP contribution >= 0.6 is 0 Å². The second-order valence-corrected chi connectivity index (χ2v) is 7.40. The van der Waals surface area contributed by atoms with Crippen LogP contribution in [0.4, 0.5) is 5.69 Å². The van der Waals surface area contributed by atoms with Crippen LogP contribution in [0.2, 0.25) is 0 Å². The van der Waals surface area contributed by atoms with E-state index in [4.69, 9.17) is 5.14 Å². The second kappa shape index (κ2) is 7.11. The van der Waals surface area contributed by atoms with E-state index in [1.165, 1.54) is 29.8 Å². The highest BCUT2D eigenvalue weighted by molar-refractivity contribution is 7.89. The number of nitrogens with zero attached hydrogens (tertiary/aromatic N) is 1. The highest BCUT2D eigenvalue weighted by atomic mass is 32.2. The SMILES string of the molecule is Cc1cc(C)[n+](CCC(=O)Nc2ccc(S(N)(=O)=O)cc2)c(C)c1. The number of sulfonamides is 1. The van der Waals surface area contributed by atoms with Gasteiger partial charge in [0.05, 0.1) is 11.3 Å². The lowest BCUT2D eigenvalue weighted by Gasteiger charge is -2.07. The number of benzene rings is 1. The van der Waals surface area contributed by atoms with E-state index in [2.05, 4.69) is 22.0 Å². The number of hydrogen-bond acceptors (Lipinski definition) is 3. The molecule has 0 radical (unpaired) electrons. The lowest BCUT2D eigenvalue weighted by Crippen LogP contribution is -2.41. The summed E-state index contributed by atoms with van der Waals surface area (Å²) in [5.41, 5.74) is 3.95. The molecule has 0 aliphatic rings. The number of carbonyl (C=O) groups excluding carboxylic acids is 1. The molecule has 3 N–H and O–H groups in total. The zero-order valence-corrected chi connectivity index (χ0v) is 14.9. The number of hydrogen-bond donors (Lipinski definition) is 2. The summed E-state index contributed by atoms with van der Waals surface area (Å²) in [6.07, 6.45) is 0.326. The Morgan fingerprint density at radius 2 is 1.62 bits per heavy atom. The first-order valence-electron chi connectivity index (χ1n) is 7.57. The van der Waals surface area contributed by atoms with Crippen molar-refractivity contribution in [3.8, 4) is 0 Å². The molecule has 0 saturated heterocycles. The molecular formula is C17H22N3O3S+. The van der Waals surface area contributed by atoms with Gasteiger partial charge in [-0.3, -0.25) is 4.79 Å². The third kappa shape index (κ3) is 4.62. The molecule has 6 nitrogen and oxygen atoms in total. The van der Waals surface area contributed by atoms with E-state index >= 15 is 0 Å². The summed E-state index contributed by atoms with van der Waals surface area (Å²) in [4.78, 5) is 12.1. The quantitative estimate of drug-likeness (QED) is 0.803. The van der Waals surface area contributed by atoms with Crippen LogP contribution in [-0.4, -0.2) is 14.3 Å². The number of aryl methyl sites for hydroxylation is 3. The molecule has 128 valence electrons. The van der Waals surface area contributed by atoms with E-state index < -0.39 is 10.0 Å².